The van der Waals surface area contributed by atoms with Crippen molar-refractivity contribution in [2.45, 2.75) is 44.7 Å². The number of hydrogen-bond donors (Lipinski definition) is 3. The number of amides is 2. The molecule has 4 aromatic carbocycles. The molecule has 1 aliphatic carbocycles. The Kier molecular flexibility index (Phi) is 13.0. The van der Waals surface area contributed by atoms with E-state index in [0.717, 1.165) is 40.7 Å². The zero-order valence-corrected chi connectivity index (χ0v) is 28.0. The van der Waals surface area contributed by atoms with Crippen LogP contribution in [0.4, 0.5) is 10.5 Å². The number of aliphatic carboxylic acids is 1. The van der Waals surface area contributed by atoms with E-state index in [1.54, 1.807) is 44.6 Å². The zero-order chi connectivity index (χ0) is 35.3. The molecular formula is C38H43N3O8. The lowest BCUT2D eigenvalue weighted by atomic mass is 9.98. The number of carboxylic acid groups (broad SMARTS) is 1. The van der Waals surface area contributed by atoms with Crippen LogP contribution in [0.15, 0.2) is 91.0 Å². The number of fused-ring (bicyclic) bond motifs is 3. The van der Waals surface area contributed by atoms with Crippen LogP contribution < -0.4 is 30.6 Å². The second-order valence-corrected chi connectivity index (χ2v) is 11.4. The van der Waals surface area contributed by atoms with Gasteiger partial charge in [-0.1, -0.05) is 80.4 Å². The molecule has 0 aromatic heterocycles. The van der Waals surface area contributed by atoms with E-state index < -0.39 is 24.0 Å². The highest BCUT2D eigenvalue weighted by Crippen LogP contribution is 2.44. The van der Waals surface area contributed by atoms with Gasteiger partial charge in [-0.3, -0.25) is 14.5 Å². The Morgan fingerprint density at radius 2 is 1.47 bits per heavy atom. The highest BCUT2D eigenvalue weighted by molar-refractivity contribution is 5.90. The van der Waals surface area contributed by atoms with Gasteiger partial charge in [0.2, 0.25) is 0 Å². The summed E-state index contributed by atoms with van der Waals surface area (Å²) in [7, 11) is 3.11. The van der Waals surface area contributed by atoms with Gasteiger partial charge in [-0.05, 0) is 58.5 Å². The molecule has 11 nitrogen and oxygen atoms in total. The van der Waals surface area contributed by atoms with Crippen molar-refractivity contribution in [3.63, 3.8) is 0 Å². The van der Waals surface area contributed by atoms with Crippen molar-refractivity contribution in [1.29, 1.82) is 0 Å². The number of carbonyl (C=O) groups is 3. The van der Waals surface area contributed by atoms with Crippen LogP contribution in [-0.2, 0) is 20.9 Å². The average Bonchev–Trinajstić information content (AvgIpc) is 3.44. The number of anilines is 1. The molecule has 258 valence electrons. The second-order valence-electron chi connectivity index (χ2n) is 11.4. The zero-order valence-electron chi connectivity index (χ0n) is 28.0. The number of rotatable bonds is 14. The Balaban J connectivity index is 0.000000529. The van der Waals surface area contributed by atoms with Crippen molar-refractivity contribution in [1.82, 2.24) is 0 Å². The van der Waals surface area contributed by atoms with Crippen LogP contribution in [0, 0.1) is 0 Å². The number of carboxylic acids is 1. The number of unbranched alkanes of at least 4 members (excludes halogenated alkanes) is 1. The molecule has 49 heavy (non-hydrogen) atoms. The Morgan fingerprint density at radius 3 is 2.02 bits per heavy atom. The predicted octanol–water partition coefficient (Wildman–Crippen LogP) is 6.11. The summed E-state index contributed by atoms with van der Waals surface area (Å²) < 4.78 is 22.3. The first-order valence-electron chi connectivity index (χ1n) is 16.0. The van der Waals surface area contributed by atoms with Gasteiger partial charge in [-0.25, -0.2) is 4.79 Å². The first-order valence-corrected chi connectivity index (χ1v) is 16.0. The quantitative estimate of drug-likeness (QED) is 0.144. The molecule has 5 rings (SSSR count). The maximum absolute atomic E-state index is 13.7. The number of nitrogens with zero attached hydrogens (tertiary/aromatic N) is 1. The van der Waals surface area contributed by atoms with Gasteiger partial charge >= 0.3 is 12.1 Å². The molecule has 2 amide bonds. The molecule has 0 spiro atoms. The third-order valence-corrected chi connectivity index (χ3v) is 8.07. The van der Waals surface area contributed by atoms with Crippen LogP contribution in [-0.4, -0.2) is 56.6 Å². The van der Waals surface area contributed by atoms with E-state index in [2.05, 4.69) is 24.3 Å². The van der Waals surface area contributed by atoms with E-state index >= 15 is 0 Å². The highest BCUT2D eigenvalue weighted by Gasteiger charge is 2.30. The fraction of sp³-hybridized carbons (Fsp3) is 0.289. The summed E-state index contributed by atoms with van der Waals surface area (Å²) in [4.78, 5) is 36.4. The van der Waals surface area contributed by atoms with Crippen LogP contribution in [0.2, 0.25) is 0 Å². The van der Waals surface area contributed by atoms with E-state index in [1.165, 1.54) is 4.90 Å². The number of carbonyl (C=O) groups excluding carboxylic acids is 2. The minimum Gasteiger partial charge on any atom is -0.497 e. The predicted molar refractivity (Wildman–Crippen MR) is 187 cm³/mol. The van der Waals surface area contributed by atoms with Crippen molar-refractivity contribution in [3.05, 3.63) is 108 Å². The molecule has 0 saturated carbocycles. The van der Waals surface area contributed by atoms with Gasteiger partial charge in [0.15, 0.2) is 6.61 Å². The lowest BCUT2D eigenvalue weighted by molar-refractivity contribution is -0.138. The molecule has 0 radical (unpaired) electrons. The van der Waals surface area contributed by atoms with Crippen LogP contribution in [0.25, 0.3) is 11.1 Å². The SMILES string of the molecule is CCCC[C@H](N)C(=O)O.COc1ccc(N(Cc2ccc(OCC(N)=O)cc2)C(=O)OCC2c3ccccc3-c3ccccc32)c(OC)c1. The van der Waals surface area contributed by atoms with Crippen LogP contribution in [0.5, 0.6) is 17.2 Å². The summed E-state index contributed by atoms with van der Waals surface area (Å²) in [6, 6.07) is 28.1. The van der Waals surface area contributed by atoms with Gasteiger partial charge in [0.25, 0.3) is 5.91 Å². The van der Waals surface area contributed by atoms with Gasteiger partial charge in [-0.2, -0.15) is 0 Å². The summed E-state index contributed by atoms with van der Waals surface area (Å²) in [5.41, 5.74) is 16.3. The summed E-state index contributed by atoms with van der Waals surface area (Å²) in [6.07, 6.45) is 1.97. The number of ether oxygens (including phenoxy) is 4. The number of nitrogens with two attached hydrogens (primary N) is 2. The molecular weight excluding hydrogens is 626 g/mol. The highest BCUT2D eigenvalue weighted by atomic mass is 16.6. The van der Waals surface area contributed by atoms with Gasteiger partial charge in [0.05, 0.1) is 26.5 Å². The van der Waals surface area contributed by atoms with Crippen molar-refractivity contribution in [2.24, 2.45) is 11.5 Å². The van der Waals surface area contributed by atoms with E-state index in [9.17, 15) is 14.4 Å². The van der Waals surface area contributed by atoms with Crippen molar-refractivity contribution in [3.8, 4) is 28.4 Å². The second kappa shape index (κ2) is 17.6. The van der Waals surface area contributed by atoms with Gasteiger partial charge in [0.1, 0.15) is 29.9 Å². The van der Waals surface area contributed by atoms with Gasteiger partial charge < -0.3 is 35.5 Å². The van der Waals surface area contributed by atoms with E-state index in [4.69, 9.17) is 35.5 Å². The summed E-state index contributed by atoms with van der Waals surface area (Å²) in [5, 5.41) is 8.28. The third-order valence-electron chi connectivity index (χ3n) is 8.07. The number of primary amides is 1. The molecule has 5 N–H and O–H groups in total. The minimum absolute atomic E-state index is 0.0716. The Labute approximate surface area is 286 Å². The molecule has 1 aliphatic rings. The molecule has 1 atom stereocenters. The van der Waals surface area contributed by atoms with E-state index in [0.29, 0.717) is 29.4 Å². The fourth-order valence-electron chi connectivity index (χ4n) is 5.50. The monoisotopic (exact) mass is 669 g/mol. The van der Waals surface area contributed by atoms with Crippen LogP contribution in [0.1, 0.15) is 48.8 Å². The van der Waals surface area contributed by atoms with Crippen LogP contribution in [0.3, 0.4) is 0 Å². The summed E-state index contributed by atoms with van der Waals surface area (Å²) in [5.74, 6) is 0.0359. The molecule has 0 fully saturated rings. The molecule has 11 heteroatoms. The van der Waals surface area contributed by atoms with Gasteiger partial charge in [-0.15, -0.1) is 0 Å². The Bertz CT molecular complexity index is 1680. The molecule has 0 aliphatic heterocycles. The number of benzene rings is 4. The average molecular weight is 670 g/mol. The van der Waals surface area contributed by atoms with E-state index in [-0.39, 0.29) is 25.7 Å². The maximum atomic E-state index is 13.7. The molecule has 0 bridgehead atoms. The first-order chi connectivity index (χ1) is 23.7. The number of methoxy groups -OCH3 is 2. The Hall–Kier alpha value is -5.55. The van der Waals surface area contributed by atoms with Crippen LogP contribution >= 0.6 is 0 Å². The smallest absolute Gasteiger partial charge is 0.414 e. The topological polar surface area (TPSA) is 164 Å². The standard InChI is InChI=1S/C32H30N2O6.C6H13NO2/c1-37-23-15-16-29(30(17-23)38-2)34(18-21-11-13-22(14-12-21)39-20-31(33)35)32(36)40-19-28-26-9-5-3-7-24(26)25-8-4-6-10-27(25)28;1-2-3-4-5(7)6(8)9/h3-17,28H,18-20H2,1-2H3,(H2,33,35);5H,2-4,7H2,1H3,(H,8,9)/t;5-/m.0/s1. The lowest BCUT2D eigenvalue weighted by Crippen LogP contribution is -2.32. The Morgan fingerprint density at radius 1 is 0.857 bits per heavy atom. The summed E-state index contributed by atoms with van der Waals surface area (Å²) in [6.45, 7) is 2.18. The molecule has 4 aromatic rings. The largest absolute Gasteiger partial charge is 0.497 e. The molecule has 0 unspecified atom stereocenters. The van der Waals surface area contributed by atoms with Gasteiger partial charge in [0, 0.05) is 12.0 Å². The van der Waals surface area contributed by atoms with Crippen molar-refractivity contribution in [2.75, 3.05) is 32.3 Å². The number of hydrogen-bond acceptors (Lipinski definition) is 8. The maximum Gasteiger partial charge on any atom is 0.414 e. The fourth-order valence-corrected chi connectivity index (χ4v) is 5.50. The molecule has 0 saturated heterocycles. The van der Waals surface area contributed by atoms with Crippen molar-refractivity contribution >= 4 is 23.7 Å². The van der Waals surface area contributed by atoms with E-state index in [1.807, 2.05) is 43.3 Å². The normalized spacial score (nSPS) is 12.0. The molecule has 0 heterocycles. The van der Waals surface area contributed by atoms with Crippen molar-refractivity contribution < 1.29 is 38.4 Å². The third kappa shape index (κ3) is 9.51. The minimum atomic E-state index is -0.900. The first kappa shape index (κ1) is 36.3. The lowest BCUT2D eigenvalue weighted by Gasteiger charge is -2.25. The summed E-state index contributed by atoms with van der Waals surface area (Å²) >= 11 is 0.